The van der Waals surface area contributed by atoms with Crippen molar-refractivity contribution in [1.29, 1.82) is 5.26 Å². The summed E-state index contributed by atoms with van der Waals surface area (Å²) < 4.78 is 19.2. The first-order valence-corrected chi connectivity index (χ1v) is 8.38. The maximum atomic E-state index is 14.0. The minimum absolute atomic E-state index is 0. The van der Waals surface area contributed by atoms with Gasteiger partial charge in [-0.25, -0.2) is 9.38 Å². The molecule has 0 aliphatic heterocycles. The SMILES string of the molecule is CCNC(=NCc1ccc(C#N)cc1F)N(C)Cc1ccc(OC)cc1.I. The Balaban J connectivity index is 0.00000364. The van der Waals surface area contributed by atoms with Crippen molar-refractivity contribution in [3.05, 3.63) is 65.0 Å². The van der Waals surface area contributed by atoms with Gasteiger partial charge in [0, 0.05) is 25.7 Å². The standard InChI is InChI=1S/C20H23FN4O.HI/c1-4-23-20(24-13-17-8-5-16(12-22)11-19(17)21)25(2)14-15-6-9-18(26-3)10-7-15;/h5-11H,4,13-14H2,1-3H3,(H,23,24);1H. The fourth-order valence-corrected chi connectivity index (χ4v) is 2.45. The van der Waals surface area contributed by atoms with Crippen molar-refractivity contribution in [1.82, 2.24) is 10.2 Å². The normalized spacial score (nSPS) is 10.6. The highest BCUT2D eigenvalue weighted by Crippen LogP contribution is 2.14. The topological polar surface area (TPSA) is 60.7 Å². The summed E-state index contributed by atoms with van der Waals surface area (Å²) in [5, 5.41) is 12.0. The third-order valence-electron chi connectivity index (χ3n) is 3.86. The van der Waals surface area contributed by atoms with Crippen LogP contribution in [0.25, 0.3) is 0 Å². The summed E-state index contributed by atoms with van der Waals surface area (Å²) >= 11 is 0. The molecule has 5 nitrogen and oxygen atoms in total. The lowest BCUT2D eigenvalue weighted by molar-refractivity contribution is 0.414. The molecule has 27 heavy (non-hydrogen) atoms. The monoisotopic (exact) mass is 482 g/mol. The Bertz CT molecular complexity index is 803. The van der Waals surface area contributed by atoms with Gasteiger partial charge in [0.05, 0.1) is 25.3 Å². The van der Waals surface area contributed by atoms with E-state index in [0.717, 1.165) is 11.3 Å². The van der Waals surface area contributed by atoms with Crippen LogP contribution < -0.4 is 10.1 Å². The van der Waals surface area contributed by atoms with E-state index in [1.165, 1.54) is 6.07 Å². The molecule has 0 unspecified atom stereocenters. The minimum Gasteiger partial charge on any atom is -0.497 e. The van der Waals surface area contributed by atoms with E-state index < -0.39 is 5.82 Å². The highest BCUT2D eigenvalue weighted by atomic mass is 127. The third kappa shape index (κ3) is 6.71. The highest BCUT2D eigenvalue weighted by Gasteiger charge is 2.08. The molecule has 0 saturated heterocycles. The zero-order chi connectivity index (χ0) is 18.9. The Labute approximate surface area is 176 Å². The van der Waals surface area contributed by atoms with Crippen molar-refractivity contribution >= 4 is 29.9 Å². The van der Waals surface area contributed by atoms with Crippen molar-refractivity contribution in [2.75, 3.05) is 20.7 Å². The lowest BCUT2D eigenvalue weighted by Gasteiger charge is -2.22. The number of nitrogens with one attached hydrogen (secondary N) is 1. The number of ether oxygens (including phenoxy) is 1. The number of aliphatic imine (C=N–C) groups is 1. The predicted octanol–water partition coefficient (Wildman–Crippen LogP) is 3.92. The van der Waals surface area contributed by atoms with Crippen LogP contribution >= 0.6 is 24.0 Å². The first-order chi connectivity index (χ1) is 12.6. The molecule has 0 aliphatic rings. The van der Waals surface area contributed by atoms with Gasteiger partial charge in [0.2, 0.25) is 0 Å². The quantitative estimate of drug-likeness (QED) is 0.385. The molecule has 1 N–H and O–H groups in total. The van der Waals surface area contributed by atoms with Gasteiger partial charge < -0.3 is 15.0 Å². The number of hydrogen-bond acceptors (Lipinski definition) is 3. The van der Waals surface area contributed by atoms with E-state index in [1.807, 2.05) is 49.2 Å². The van der Waals surface area contributed by atoms with Gasteiger partial charge in [-0.05, 0) is 36.8 Å². The van der Waals surface area contributed by atoms with Crippen molar-refractivity contribution in [2.24, 2.45) is 4.99 Å². The molecule has 0 saturated carbocycles. The molecular formula is C20H24FIN4O. The van der Waals surface area contributed by atoms with Crippen molar-refractivity contribution in [3.63, 3.8) is 0 Å². The average Bonchev–Trinajstić information content (AvgIpc) is 2.66. The second-order valence-electron chi connectivity index (χ2n) is 5.79. The van der Waals surface area contributed by atoms with Gasteiger partial charge in [0.25, 0.3) is 0 Å². The Hall–Kier alpha value is -2.34. The smallest absolute Gasteiger partial charge is 0.194 e. The molecule has 0 bridgehead atoms. The maximum absolute atomic E-state index is 14.0. The number of rotatable bonds is 6. The Morgan fingerprint density at radius 1 is 1.26 bits per heavy atom. The van der Waals surface area contributed by atoms with E-state index >= 15 is 0 Å². The molecule has 2 aromatic rings. The number of methoxy groups -OCH3 is 1. The van der Waals surface area contributed by atoms with Gasteiger partial charge in [-0.15, -0.1) is 24.0 Å². The summed E-state index contributed by atoms with van der Waals surface area (Å²) in [5.41, 5.74) is 1.87. The first-order valence-electron chi connectivity index (χ1n) is 8.38. The van der Waals surface area contributed by atoms with E-state index in [-0.39, 0.29) is 30.5 Å². The molecule has 2 aromatic carbocycles. The lowest BCUT2D eigenvalue weighted by atomic mass is 10.1. The van der Waals surface area contributed by atoms with E-state index in [9.17, 15) is 4.39 Å². The molecular weight excluding hydrogens is 458 g/mol. The molecule has 0 atom stereocenters. The predicted molar refractivity (Wildman–Crippen MR) is 116 cm³/mol. The minimum atomic E-state index is -0.415. The number of nitriles is 1. The number of nitrogens with zero attached hydrogens (tertiary/aromatic N) is 3. The molecule has 0 heterocycles. The molecule has 0 radical (unpaired) electrons. The van der Waals surface area contributed by atoms with Gasteiger partial charge in [0.1, 0.15) is 11.6 Å². The fourth-order valence-electron chi connectivity index (χ4n) is 2.45. The van der Waals surface area contributed by atoms with E-state index in [0.29, 0.717) is 30.2 Å². The van der Waals surface area contributed by atoms with Crippen molar-refractivity contribution < 1.29 is 9.13 Å². The summed E-state index contributed by atoms with van der Waals surface area (Å²) in [5.74, 6) is 1.09. The fraction of sp³-hybridized carbons (Fsp3) is 0.300. The molecule has 0 aliphatic carbocycles. The zero-order valence-corrected chi connectivity index (χ0v) is 18.0. The second kappa shape index (κ2) is 11.4. The molecule has 0 amide bonds. The van der Waals surface area contributed by atoms with Gasteiger partial charge >= 0.3 is 0 Å². The molecule has 144 valence electrons. The summed E-state index contributed by atoms with van der Waals surface area (Å²) in [6, 6.07) is 14.2. The Morgan fingerprint density at radius 2 is 1.96 bits per heavy atom. The largest absolute Gasteiger partial charge is 0.497 e. The highest BCUT2D eigenvalue weighted by molar-refractivity contribution is 14.0. The summed E-state index contributed by atoms with van der Waals surface area (Å²) in [4.78, 5) is 6.49. The zero-order valence-electron chi connectivity index (χ0n) is 15.7. The number of hydrogen-bond donors (Lipinski definition) is 1. The van der Waals surface area contributed by atoms with Crippen LogP contribution in [0, 0.1) is 17.1 Å². The van der Waals surface area contributed by atoms with Crippen LogP contribution in [0.4, 0.5) is 4.39 Å². The summed E-state index contributed by atoms with van der Waals surface area (Å²) in [7, 11) is 3.57. The van der Waals surface area contributed by atoms with Crippen LogP contribution in [0.5, 0.6) is 5.75 Å². The van der Waals surface area contributed by atoms with Crippen LogP contribution in [0.1, 0.15) is 23.6 Å². The molecule has 2 rings (SSSR count). The average molecular weight is 482 g/mol. The Kier molecular flexibility index (Phi) is 9.58. The van der Waals surface area contributed by atoms with Crippen LogP contribution in [-0.2, 0) is 13.1 Å². The molecule has 0 fully saturated rings. The van der Waals surface area contributed by atoms with Crippen LogP contribution in [0.15, 0.2) is 47.5 Å². The molecule has 0 spiro atoms. The number of guanidine groups is 1. The van der Waals surface area contributed by atoms with E-state index in [4.69, 9.17) is 10.00 Å². The van der Waals surface area contributed by atoms with Crippen LogP contribution in [-0.4, -0.2) is 31.6 Å². The Morgan fingerprint density at radius 3 is 2.52 bits per heavy atom. The van der Waals surface area contributed by atoms with Crippen LogP contribution in [0.3, 0.4) is 0 Å². The third-order valence-corrected chi connectivity index (χ3v) is 3.86. The molecule has 0 aromatic heterocycles. The maximum Gasteiger partial charge on any atom is 0.194 e. The number of benzene rings is 2. The second-order valence-corrected chi connectivity index (χ2v) is 5.79. The van der Waals surface area contributed by atoms with Gasteiger partial charge in [0.15, 0.2) is 5.96 Å². The van der Waals surface area contributed by atoms with Gasteiger partial charge in [-0.2, -0.15) is 5.26 Å². The van der Waals surface area contributed by atoms with Gasteiger partial charge in [-0.3, -0.25) is 0 Å². The summed E-state index contributed by atoms with van der Waals surface area (Å²) in [6.45, 7) is 3.55. The summed E-state index contributed by atoms with van der Waals surface area (Å²) in [6.07, 6.45) is 0. The molecule has 7 heteroatoms. The van der Waals surface area contributed by atoms with E-state index in [2.05, 4.69) is 10.3 Å². The lowest BCUT2D eigenvalue weighted by Crippen LogP contribution is -2.38. The van der Waals surface area contributed by atoms with Crippen molar-refractivity contribution in [2.45, 2.75) is 20.0 Å². The van der Waals surface area contributed by atoms with E-state index in [1.54, 1.807) is 19.2 Å². The first kappa shape index (κ1) is 22.7. The van der Waals surface area contributed by atoms with Crippen molar-refractivity contribution in [3.8, 4) is 11.8 Å². The van der Waals surface area contributed by atoms with Crippen LogP contribution in [0.2, 0.25) is 0 Å². The number of halogens is 2. The van der Waals surface area contributed by atoms with Gasteiger partial charge in [-0.1, -0.05) is 18.2 Å².